The number of hydrogen-bond acceptors (Lipinski definition) is 4. The molecule has 1 amide bonds. The molecule has 2 heterocycles. The molecule has 0 aliphatic heterocycles. The molecule has 0 saturated heterocycles. The number of carbonyl (C=O) groups is 2. The molecular formula is C22H25N3O3. The van der Waals surface area contributed by atoms with Gasteiger partial charge in [-0.25, -0.2) is 9.78 Å². The lowest BCUT2D eigenvalue weighted by Gasteiger charge is -2.20. The van der Waals surface area contributed by atoms with Crippen LogP contribution in [0.2, 0.25) is 0 Å². The molecule has 1 aromatic carbocycles. The monoisotopic (exact) mass is 379 g/mol. The summed E-state index contributed by atoms with van der Waals surface area (Å²) >= 11 is 0. The Balaban J connectivity index is 2.17. The topological polar surface area (TPSA) is 87.2 Å². The quantitative estimate of drug-likeness (QED) is 0.694. The first-order valence-corrected chi connectivity index (χ1v) is 9.19. The van der Waals surface area contributed by atoms with Crippen LogP contribution in [0.3, 0.4) is 0 Å². The van der Waals surface area contributed by atoms with E-state index in [0.29, 0.717) is 16.8 Å². The van der Waals surface area contributed by atoms with Crippen LogP contribution in [0.15, 0.2) is 42.6 Å². The number of rotatable bonds is 4. The molecule has 2 N–H and O–H groups in total. The number of nitrogens with two attached hydrogens (primary N) is 1. The van der Waals surface area contributed by atoms with Crippen LogP contribution in [-0.2, 0) is 4.74 Å². The summed E-state index contributed by atoms with van der Waals surface area (Å²) in [6.45, 7) is 9.41. The molecule has 2 aromatic heterocycles. The van der Waals surface area contributed by atoms with Gasteiger partial charge >= 0.3 is 5.97 Å². The maximum absolute atomic E-state index is 12.9. The summed E-state index contributed by atoms with van der Waals surface area (Å²) in [5, 5.41) is 0.743. The predicted molar refractivity (Wildman–Crippen MR) is 108 cm³/mol. The Kier molecular flexibility index (Phi) is 4.98. The fraction of sp³-hybridized carbons (Fsp3) is 0.318. The van der Waals surface area contributed by atoms with E-state index < -0.39 is 11.5 Å². The lowest BCUT2D eigenvalue weighted by Crippen LogP contribution is -2.24. The number of carbonyl (C=O) groups excluding carboxylic acids is 2. The number of pyridine rings is 1. The maximum Gasteiger partial charge on any atom is 0.341 e. The highest BCUT2D eigenvalue weighted by atomic mass is 16.6. The molecule has 0 bridgehead atoms. The zero-order valence-corrected chi connectivity index (χ0v) is 16.8. The standard InChI is InChI=1S/C22H25N3O3/c1-13(15-8-6-9-16(12-15)19(23)26)25-14(2)18(21(27)28-22(3,4)5)17-10-7-11-24-20(17)25/h6-13H,1-5H3,(H2,23,26). The third-order valence-corrected chi connectivity index (χ3v) is 4.65. The second-order valence-electron chi connectivity index (χ2n) is 7.87. The molecule has 146 valence electrons. The van der Waals surface area contributed by atoms with Gasteiger partial charge in [0.15, 0.2) is 0 Å². The molecule has 0 radical (unpaired) electrons. The third kappa shape index (κ3) is 3.63. The van der Waals surface area contributed by atoms with Crippen molar-refractivity contribution >= 4 is 22.9 Å². The van der Waals surface area contributed by atoms with Gasteiger partial charge in [0.1, 0.15) is 11.2 Å². The molecule has 1 atom stereocenters. The van der Waals surface area contributed by atoms with Crippen molar-refractivity contribution in [3.05, 3.63) is 65.0 Å². The van der Waals surface area contributed by atoms with Crippen LogP contribution in [-0.4, -0.2) is 27.0 Å². The van der Waals surface area contributed by atoms with Gasteiger partial charge < -0.3 is 15.0 Å². The van der Waals surface area contributed by atoms with E-state index in [0.717, 1.165) is 16.6 Å². The summed E-state index contributed by atoms with van der Waals surface area (Å²) in [6, 6.07) is 10.7. The minimum atomic E-state index is -0.596. The van der Waals surface area contributed by atoms with Gasteiger partial charge in [0.2, 0.25) is 5.91 Å². The summed E-state index contributed by atoms with van der Waals surface area (Å²) in [4.78, 5) is 29.0. The van der Waals surface area contributed by atoms with Gasteiger partial charge in [0, 0.05) is 22.8 Å². The van der Waals surface area contributed by atoms with Gasteiger partial charge in [-0.15, -0.1) is 0 Å². The van der Waals surface area contributed by atoms with E-state index in [-0.39, 0.29) is 12.0 Å². The zero-order chi connectivity index (χ0) is 20.6. The molecule has 1 unspecified atom stereocenters. The summed E-state index contributed by atoms with van der Waals surface area (Å²) in [7, 11) is 0. The van der Waals surface area contributed by atoms with Gasteiger partial charge in [-0.1, -0.05) is 12.1 Å². The van der Waals surface area contributed by atoms with Crippen molar-refractivity contribution in [2.24, 2.45) is 5.73 Å². The van der Waals surface area contributed by atoms with Crippen molar-refractivity contribution in [1.29, 1.82) is 0 Å². The highest BCUT2D eigenvalue weighted by molar-refractivity contribution is 6.05. The van der Waals surface area contributed by atoms with E-state index in [1.165, 1.54) is 0 Å². The van der Waals surface area contributed by atoms with Crippen molar-refractivity contribution < 1.29 is 14.3 Å². The zero-order valence-electron chi connectivity index (χ0n) is 16.8. The Morgan fingerprint density at radius 2 is 1.89 bits per heavy atom. The van der Waals surface area contributed by atoms with Gasteiger partial charge in [-0.3, -0.25) is 4.79 Å². The highest BCUT2D eigenvalue weighted by Crippen LogP contribution is 2.32. The highest BCUT2D eigenvalue weighted by Gasteiger charge is 2.27. The van der Waals surface area contributed by atoms with Crippen LogP contribution in [0.25, 0.3) is 11.0 Å². The van der Waals surface area contributed by atoms with E-state index in [1.54, 1.807) is 30.5 Å². The Morgan fingerprint density at radius 1 is 1.18 bits per heavy atom. The average Bonchev–Trinajstić information content (AvgIpc) is 2.91. The second-order valence-corrected chi connectivity index (χ2v) is 7.87. The molecule has 0 aliphatic rings. The van der Waals surface area contributed by atoms with Crippen molar-refractivity contribution in [1.82, 2.24) is 9.55 Å². The summed E-state index contributed by atoms with van der Waals surface area (Å²) in [5.74, 6) is -0.851. The molecule has 6 nitrogen and oxygen atoms in total. The van der Waals surface area contributed by atoms with Gasteiger partial charge in [-0.05, 0) is 64.4 Å². The number of esters is 1. The fourth-order valence-electron chi connectivity index (χ4n) is 3.42. The predicted octanol–water partition coefficient (Wildman–Crippen LogP) is 4.01. The SMILES string of the molecule is Cc1c(C(=O)OC(C)(C)C)c2cccnc2n1C(C)c1cccc(C(N)=O)c1. The number of primary amides is 1. The number of nitrogens with zero attached hydrogens (tertiary/aromatic N) is 2. The van der Waals surface area contributed by atoms with Crippen LogP contribution in [0.5, 0.6) is 0 Å². The first-order chi connectivity index (χ1) is 13.1. The Hall–Kier alpha value is -3.15. The van der Waals surface area contributed by atoms with Crippen molar-refractivity contribution in [2.75, 3.05) is 0 Å². The molecular weight excluding hydrogens is 354 g/mol. The molecule has 6 heteroatoms. The van der Waals surface area contributed by atoms with Crippen LogP contribution in [0, 0.1) is 6.92 Å². The first-order valence-electron chi connectivity index (χ1n) is 9.19. The third-order valence-electron chi connectivity index (χ3n) is 4.65. The van der Waals surface area contributed by atoms with Crippen molar-refractivity contribution in [3.8, 4) is 0 Å². The van der Waals surface area contributed by atoms with Crippen LogP contribution >= 0.6 is 0 Å². The summed E-state index contributed by atoms with van der Waals surface area (Å²) < 4.78 is 7.62. The molecule has 0 saturated carbocycles. The van der Waals surface area contributed by atoms with E-state index >= 15 is 0 Å². The first kappa shape index (κ1) is 19.6. The number of hydrogen-bond donors (Lipinski definition) is 1. The van der Waals surface area contributed by atoms with E-state index in [2.05, 4.69) is 4.98 Å². The number of ether oxygens (including phenoxy) is 1. The van der Waals surface area contributed by atoms with Gasteiger partial charge in [-0.2, -0.15) is 0 Å². The summed E-state index contributed by atoms with van der Waals surface area (Å²) in [5.41, 5.74) is 8.14. The van der Waals surface area contributed by atoms with Gasteiger partial charge in [0.25, 0.3) is 0 Å². The molecule has 3 rings (SSSR count). The average molecular weight is 379 g/mol. The van der Waals surface area contributed by atoms with Crippen molar-refractivity contribution in [3.63, 3.8) is 0 Å². The van der Waals surface area contributed by atoms with Crippen molar-refractivity contribution in [2.45, 2.75) is 46.3 Å². The number of fused-ring (bicyclic) bond motifs is 1. The van der Waals surface area contributed by atoms with Crippen LogP contribution < -0.4 is 5.73 Å². The summed E-state index contributed by atoms with van der Waals surface area (Å²) in [6.07, 6.45) is 1.70. The number of benzene rings is 1. The van der Waals surface area contributed by atoms with E-state index in [4.69, 9.17) is 10.5 Å². The molecule has 3 aromatic rings. The number of aromatic nitrogens is 2. The molecule has 0 spiro atoms. The van der Waals surface area contributed by atoms with E-state index in [9.17, 15) is 9.59 Å². The molecule has 0 fully saturated rings. The van der Waals surface area contributed by atoms with Crippen LogP contribution in [0.1, 0.15) is 65.7 Å². The minimum absolute atomic E-state index is 0.159. The van der Waals surface area contributed by atoms with Gasteiger partial charge in [0.05, 0.1) is 11.6 Å². The second kappa shape index (κ2) is 7.11. The largest absolute Gasteiger partial charge is 0.456 e. The fourth-order valence-corrected chi connectivity index (χ4v) is 3.42. The van der Waals surface area contributed by atoms with Crippen LogP contribution in [0.4, 0.5) is 0 Å². The lowest BCUT2D eigenvalue weighted by atomic mass is 10.0. The Bertz CT molecular complexity index is 1060. The molecule has 0 aliphatic carbocycles. The number of amides is 1. The Morgan fingerprint density at radius 3 is 2.54 bits per heavy atom. The Labute approximate surface area is 164 Å². The maximum atomic E-state index is 12.9. The molecule has 28 heavy (non-hydrogen) atoms. The minimum Gasteiger partial charge on any atom is -0.456 e. The van der Waals surface area contributed by atoms with E-state index in [1.807, 2.05) is 51.3 Å². The smallest absolute Gasteiger partial charge is 0.341 e. The normalized spacial score (nSPS) is 12.8. The lowest BCUT2D eigenvalue weighted by molar-refractivity contribution is 0.00706.